The molecular weight excluding hydrogens is 374 g/mol. The van der Waals surface area contributed by atoms with Gasteiger partial charge in [0.1, 0.15) is 6.20 Å². The SMILES string of the molecule is O=C1CN(S(=O)(=O)CCC(=O)c2[c]nc(Cc3ccccc3)s2)CCN1. The summed E-state index contributed by atoms with van der Waals surface area (Å²) in [6.07, 6.45) is 3.15. The Labute approximate surface area is 156 Å². The Morgan fingerprint density at radius 2 is 2.08 bits per heavy atom. The number of thiazole rings is 1. The van der Waals surface area contributed by atoms with Crippen LogP contribution < -0.4 is 5.32 Å². The van der Waals surface area contributed by atoms with Crippen LogP contribution in [0.3, 0.4) is 0 Å². The molecule has 9 heteroatoms. The number of hydrogen-bond donors (Lipinski definition) is 1. The van der Waals surface area contributed by atoms with E-state index >= 15 is 0 Å². The highest BCUT2D eigenvalue weighted by molar-refractivity contribution is 7.89. The van der Waals surface area contributed by atoms with Crippen LogP contribution >= 0.6 is 11.3 Å². The maximum atomic E-state index is 12.3. The average Bonchev–Trinajstić information content (AvgIpc) is 3.09. The summed E-state index contributed by atoms with van der Waals surface area (Å²) in [5.41, 5.74) is 1.08. The van der Waals surface area contributed by atoms with E-state index in [-0.39, 0.29) is 43.5 Å². The molecule has 7 nitrogen and oxygen atoms in total. The lowest BCUT2D eigenvalue weighted by molar-refractivity contribution is -0.122. The summed E-state index contributed by atoms with van der Waals surface area (Å²) in [4.78, 5) is 28.1. The van der Waals surface area contributed by atoms with E-state index in [1.54, 1.807) is 0 Å². The number of nitrogens with zero attached hydrogens (tertiary/aromatic N) is 2. The van der Waals surface area contributed by atoms with Crippen LogP contribution in [0.15, 0.2) is 30.3 Å². The molecule has 2 aromatic rings. The van der Waals surface area contributed by atoms with Gasteiger partial charge in [0.15, 0.2) is 5.78 Å². The second-order valence-corrected chi connectivity index (χ2v) is 9.06. The molecule has 0 aliphatic carbocycles. The highest BCUT2D eigenvalue weighted by atomic mass is 32.2. The molecule has 3 rings (SSSR count). The smallest absolute Gasteiger partial charge is 0.235 e. The van der Waals surface area contributed by atoms with Crippen LogP contribution in [0.2, 0.25) is 0 Å². The lowest BCUT2D eigenvalue weighted by atomic mass is 10.2. The van der Waals surface area contributed by atoms with Gasteiger partial charge in [-0.1, -0.05) is 30.3 Å². The first-order chi connectivity index (χ1) is 12.4. The summed E-state index contributed by atoms with van der Waals surface area (Å²) < 4.78 is 25.7. The van der Waals surface area contributed by atoms with Gasteiger partial charge in [0, 0.05) is 25.9 Å². The fourth-order valence-electron chi connectivity index (χ4n) is 2.56. The van der Waals surface area contributed by atoms with Gasteiger partial charge >= 0.3 is 0 Å². The molecule has 0 atom stereocenters. The van der Waals surface area contributed by atoms with E-state index in [2.05, 4.69) is 16.5 Å². The van der Waals surface area contributed by atoms with Gasteiger partial charge < -0.3 is 5.32 Å². The molecule has 137 valence electrons. The monoisotopic (exact) mass is 392 g/mol. The predicted octanol–water partition coefficient (Wildman–Crippen LogP) is 0.868. The number of amides is 1. The first-order valence-electron chi connectivity index (χ1n) is 8.13. The molecular formula is C17H18N3O4S2. The summed E-state index contributed by atoms with van der Waals surface area (Å²) in [5, 5.41) is 3.33. The van der Waals surface area contributed by atoms with Crippen LogP contribution in [-0.4, -0.2) is 54.8 Å². The fourth-order valence-corrected chi connectivity index (χ4v) is 4.82. The molecule has 1 aromatic carbocycles. The largest absolute Gasteiger partial charge is 0.354 e. The van der Waals surface area contributed by atoms with Crippen molar-refractivity contribution in [1.29, 1.82) is 0 Å². The summed E-state index contributed by atoms with van der Waals surface area (Å²) in [5.74, 6) is -0.946. The summed E-state index contributed by atoms with van der Waals surface area (Å²) >= 11 is 1.23. The first-order valence-corrected chi connectivity index (χ1v) is 10.6. The molecule has 0 bridgehead atoms. The Bertz CT molecular complexity index is 894. The third-order valence-corrected chi connectivity index (χ3v) is 6.75. The maximum absolute atomic E-state index is 12.3. The van der Waals surface area contributed by atoms with Gasteiger partial charge in [-0.3, -0.25) is 9.59 Å². The Balaban J connectivity index is 1.57. The zero-order chi connectivity index (χ0) is 18.6. The molecule has 0 unspecified atom stereocenters. The number of carbonyl (C=O) groups is 2. The number of carbonyl (C=O) groups excluding carboxylic acids is 2. The van der Waals surface area contributed by atoms with Crippen molar-refractivity contribution in [3.63, 3.8) is 0 Å². The van der Waals surface area contributed by atoms with Crippen LogP contribution in [0, 0.1) is 6.20 Å². The third-order valence-electron chi connectivity index (χ3n) is 3.94. The Morgan fingerprint density at radius 3 is 2.81 bits per heavy atom. The molecule has 1 saturated heterocycles. The molecule has 1 radical (unpaired) electrons. The summed E-state index contributed by atoms with van der Waals surface area (Å²) in [6, 6.07) is 9.75. The standard InChI is InChI=1S/C17H18N3O4S2/c21-14(6-9-26(23,24)20-8-7-18-16(22)12-20)15-11-19-17(25-15)10-13-4-2-1-3-5-13/h1-5H,6-10,12H2,(H,18,22). The molecule has 1 aliphatic heterocycles. The van der Waals surface area contributed by atoms with E-state index in [1.807, 2.05) is 30.3 Å². The molecule has 0 spiro atoms. The number of benzene rings is 1. The number of sulfonamides is 1. The van der Waals surface area contributed by atoms with Gasteiger partial charge in [0.2, 0.25) is 15.9 Å². The lowest BCUT2D eigenvalue weighted by Gasteiger charge is -2.25. The van der Waals surface area contributed by atoms with E-state index in [0.717, 1.165) is 14.9 Å². The normalized spacial score (nSPS) is 15.6. The number of Topliss-reactive ketones (excluding diaryl/α,β-unsaturated/α-hetero) is 1. The summed E-state index contributed by atoms with van der Waals surface area (Å²) in [6.45, 7) is 0.331. The van der Waals surface area contributed by atoms with Crippen molar-refractivity contribution in [3.05, 3.63) is 52.0 Å². The van der Waals surface area contributed by atoms with Gasteiger partial charge in [0.25, 0.3) is 0 Å². The van der Waals surface area contributed by atoms with Crippen molar-refractivity contribution in [2.75, 3.05) is 25.4 Å². The van der Waals surface area contributed by atoms with Crippen LogP contribution in [0.4, 0.5) is 0 Å². The predicted molar refractivity (Wildman–Crippen MR) is 97.5 cm³/mol. The van der Waals surface area contributed by atoms with Crippen LogP contribution in [-0.2, 0) is 21.2 Å². The maximum Gasteiger partial charge on any atom is 0.235 e. The second kappa shape index (κ2) is 8.07. The first kappa shape index (κ1) is 18.7. The van der Waals surface area contributed by atoms with Crippen molar-refractivity contribution in [3.8, 4) is 0 Å². The van der Waals surface area contributed by atoms with Gasteiger partial charge in [-0.15, -0.1) is 11.3 Å². The van der Waals surface area contributed by atoms with Crippen molar-refractivity contribution in [1.82, 2.24) is 14.6 Å². The topological polar surface area (TPSA) is 96.4 Å². The molecule has 1 aliphatic rings. The number of aromatic nitrogens is 1. The van der Waals surface area contributed by atoms with Crippen LogP contribution in [0.1, 0.15) is 26.7 Å². The zero-order valence-electron chi connectivity index (χ0n) is 14.0. The lowest BCUT2D eigenvalue weighted by Crippen LogP contribution is -2.50. The number of hydrogen-bond acceptors (Lipinski definition) is 6. The minimum atomic E-state index is -3.64. The number of piperazine rings is 1. The molecule has 1 fully saturated rings. The van der Waals surface area contributed by atoms with E-state index in [0.29, 0.717) is 11.3 Å². The van der Waals surface area contributed by atoms with E-state index < -0.39 is 10.0 Å². The number of rotatable bonds is 7. The van der Waals surface area contributed by atoms with E-state index in [1.165, 1.54) is 11.3 Å². The van der Waals surface area contributed by atoms with E-state index in [9.17, 15) is 18.0 Å². The van der Waals surface area contributed by atoms with Crippen molar-refractivity contribution in [2.45, 2.75) is 12.8 Å². The quantitative estimate of drug-likeness (QED) is 0.706. The fraction of sp³-hybridized carbons (Fsp3) is 0.353. The number of nitrogens with one attached hydrogen (secondary N) is 1. The van der Waals surface area contributed by atoms with Crippen LogP contribution in [0.5, 0.6) is 0 Å². The van der Waals surface area contributed by atoms with Crippen molar-refractivity contribution in [2.24, 2.45) is 0 Å². The number of ketones is 1. The Kier molecular flexibility index (Phi) is 5.80. The average molecular weight is 392 g/mol. The highest BCUT2D eigenvalue weighted by Crippen LogP contribution is 2.18. The zero-order valence-corrected chi connectivity index (χ0v) is 15.6. The minimum absolute atomic E-state index is 0.149. The molecule has 1 aromatic heterocycles. The Hall–Kier alpha value is -2.10. The van der Waals surface area contributed by atoms with Gasteiger partial charge in [0.05, 0.1) is 22.2 Å². The van der Waals surface area contributed by atoms with Gasteiger partial charge in [-0.25, -0.2) is 13.4 Å². The van der Waals surface area contributed by atoms with Crippen LogP contribution in [0.25, 0.3) is 0 Å². The molecule has 26 heavy (non-hydrogen) atoms. The third kappa shape index (κ3) is 4.75. The van der Waals surface area contributed by atoms with Crippen molar-refractivity contribution >= 4 is 33.1 Å². The summed E-state index contributed by atoms with van der Waals surface area (Å²) in [7, 11) is -3.64. The molecule has 2 heterocycles. The second-order valence-electron chi connectivity index (χ2n) is 5.88. The minimum Gasteiger partial charge on any atom is -0.354 e. The Morgan fingerprint density at radius 1 is 1.31 bits per heavy atom. The van der Waals surface area contributed by atoms with Gasteiger partial charge in [-0.2, -0.15) is 4.31 Å². The molecule has 1 N–H and O–H groups in total. The van der Waals surface area contributed by atoms with E-state index in [4.69, 9.17) is 0 Å². The molecule has 0 saturated carbocycles. The highest BCUT2D eigenvalue weighted by Gasteiger charge is 2.28. The molecule has 1 amide bonds. The van der Waals surface area contributed by atoms with Crippen molar-refractivity contribution < 1.29 is 18.0 Å². The van der Waals surface area contributed by atoms with Gasteiger partial charge in [-0.05, 0) is 5.56 Å².